The normalized spacial score (nSPS) is 2.29. The summed E-state index contributed by atoms with van der Waals surface area (Å²) in [6.45, 7) is 0. The molecule has 0 rings (SSSR count). The number of hydrogen-bond donors (Lipinski definition) is 2. The molecule has 0 bridgehead atoms. The van der Waals surface area contributed by atoms with Crippen molar-refractivity contribution < 1.29 is 0 Å². The molecule has 0 aliphatic carbocycles. The molecule has 0 aliphatic rings. The van der Waals surface area contributed by atoms with E-state index in [0.29, 0.717) is 0 Å². The molecule has 0 aromatic rings. The van der Waals surface area contributed by atoms with E-state index in [1.165, 1.54) is 10.8 Å². The van der Waals surface area contributed by atoms with Crippen LogP contribution in [0, 0.1) is 21.3 Å². The summed E-state index contributed by atoms with van der Waals surface area (Å²) < 4.78 is 0. The molecule has 0 saturated carbocycles. The zero-order valence-electron chi connectivity index (χ0n) is 2.79. The molecule has 0 N–H and O–H groups in total. The van der Waals surface area contributed by atoms with E-state index < -0.39 is 0 Å². The summed E-state index contributed by atoms with van der Waals surface area (Å²) in [5.41, 5.74) is 0. The Kier molecular flexibility index (Phi) is 67.1. The Morgan fingerprint density at radius 2 is 1.00 bits per heavy atom. The van der Waals surface area contributed by atoms with Crippen molar-refractivity contribution in [3.63, 3.8) is 0 Å². The van der Waals surface area contributed by atoms with Gasteiger partial charge in [-0.1, -0.05) is 25.3 Å². The number of nitriles is 2. The second kappa shape index (κ2) is 30.0. The molecule has 5 heteroatoms. The first-order chi connectivity index (χ1) is 2.83. The van der Waals surface area contributed by atoms with Crippen molar-refractivity contribution in [1.82, 2.24) is 0 Å². The minimum absolute atomic E-state index is 0. The van der Waals surface area contributed by atoms with E-state index in [-0.39, 0.29) is 29.6 Å². The molecule has 0 unspecified atom stereocenters. The molecule has 0 aromatic carbocycles. The van der Waals surface area contributed by atoms with Crippen molar-refractivity contribution in [2.75, 3.05) is 0 Å². The van der Waals surface area contributed by atoms with E-state index in [1.807, 2.05) is 0 Å². The average molecular weight is 142 g/mol. The van der Waals surface area contributed by atoms with Gasteiger partial charge in [0.2, 0.25) is 0 Å². The second-order valence-corrected chi connectivity index (χ2v) is 0.600. The van der Waals surface area contributed by atoms with Crippen molar-refractivity contribution in [3.8, 4) is 10.8 Å². The van der Waals surface area contributed by atoms with Crippen molar-refractivity contribution in [1.29, 1.82) is 10.5 Å². The fourth-order valence-electron chi connectivity index (χ4n) is 0. The third-order valence-corrected chi connectivity index (χ3v) is 0. The van der Waals surface area contributed by atoms with Crippen LogP contribution in [0.3, 0.4) is 0 Å². The van der Waals surface area contributed by atoms with Gasteiger partial charge in [0.1, 0.15) is 10.8 Å². The molecular formula is C2H3N2NaS2. The summed E-state index contributed by atoms with van der Waals surface area (Å²) in [5.74, 6) is 0. The molecule has 0 aromatic heterocycles. The summed E-state index contributed by atoms with van der Waals surface area (Å²) in [7, 11) is 0. The fourth-order valence-corrected chi connectivity index (χ4v) is 0. The van der Waals surface area contributed by atoms with E-state index in [0.717, 1.165) is 0 Å². The van der Waals surface area contributed by atoms with Crippen LogP contribution in [0.15, 0.2) is 0 Å². The maximum atomic E-state index is 7.18. The van der Waals surface area contributed by atoms with Crippen LogP contribution in [0.4, 0.5) is 0 Å². The van der Waals surface area contributed by atoms with Crippen LogP contribution < -0.4 is 0 Å². The predicted octanol–water partition coefficient (Wildman–Crippen LogP) is 0.146. The van der Waals surface area contributed by atoms with Crippen LogP contribution >= 0.6 is 25.3 Å². The third-order valence-electron chi connectivity index (χ3n) is 0. The zero-order valence-corrected chi connectivity index (χ0v) is 4.58. The van der Waals surface area contributed by atoms with E-state index in [2.05, 4.69) is 25.3 Å². The third kappa shape index (κ3) is 316. The molecule has 0 spiro atoms. The van der Waals surface area contributed by atoms with Gasteiger partial charge < -0.3 is 0 Å². The molecule has 34 valence electrons. The van der Waals surface area contributed by atoms with E-state index >= 15 is 0 Å². The van der Waals surface area contributed by atoms with Gasteiger partial charge in [0.25, 0.3) is 0 Å². The summed E-state index contributed by atoms with van der Waals surface area (Å²) in [4.78, 5) is 0. The van der Waals surface area contributed by atoms with Gasteiger partial charge in [0.05, 0.1) is 0 Å². The summed E-state index contributed by atoms with van der Waals surface area (Å²) in [5, 5.41) is 17.3. The van der Waals surface area contributed by atoms with Crippen LogP contribution in [-0.2, 0) is 0 Å². The van der Waals surface area contributed by atoms with Crippen LogP contribution in [0.2, 0.25) is 0 Å². The van der Waals surface area contributed by atoms with Crippen molar-refractivity contribution in [3.05, 3.63) is 0 Å². The fraction of sp³-hybridized carbons (Fsp3) is 0. The van der Waals surface area contributed by atoms with Crippen molar-refractivity contribution >= 4 is 54.8 Å². The quantitative estimate of drug-likeness (QED) is 0.287. The Morgan fingerprint density at radius 3 is 1.00 bits per heavy atom. The van der Waals surface area contributed by atoms with Crippen LogP contribution in [0.1, 0.15) is 0 Å². The minimum atomic E-state index is 0. The van der Waals surface area contributed by atoms with E-state index in [9.17, 15) is 0 Å². The number of nitrogens with zero attached hydrogens (tertiary/aromatic N) is 2. The molecule has 0 amide bonds. The first-order valence-corrected chi connectivity index (χ1v) is 1.79. The Morgan fingerprint density at radius 1 is 1.00 bits per heavy atom. The molecule has 0 atom stereocenters. The number of thiocyanates is 2. The van der Waals surface area contributed by atoms with E-state index in [4.69, 9.17) is 10.5 Å². The van der Waals surface area contributed by atoms with Gasteiger partial charge in [-0.25, -0.2) is 0 Å². The summed E-state index contributed by atoms with van der Waals surface area (Å²) >= 11 is 6.19. The molecule has 7 heavy (non-hydrogen) atoms. The van der Waals surface area contributed by atoms with Gasteiger partial charge in [-0.3, -0.25) is 0 Å². The molecule has 0 heterocycles. The van der Waals surface area contributed by atoms with E-state index in [1.54, 1.807) is 0 Å². The average Bonchev–Trinajstić information content (AvgIpc) is 1.39. The standard InChI is InChI=1S/2CHNS.Na.H/c2*2-1-3;;/h2*3H;;. The van der Waals surface area contributed by atoms with Gasteiger partial charge in [0.15, 0.2) is 0 Å². The Bertz CT molecular complexity index is 68.7. The molecule has 0 saturated heterocycles. The molecule has 0 aliphatic heterocycles. The first kappa shape index (κ1) is 15.6. The van der Waals surface area contributed by atoms with Crippen LogP contribution in [-0.4, -0.2) is 29.6 Å². The first-order valence-electron chi connectivity index (χ1n) is 0.894. The Labute approximate surface area is 75.6 Å². The SMILES string of the molecule is N#CS.N#CS.[NaH]. The number of thiol groups is 2. The zero-order chi connectivity index (χ0) is 5.41. The molecule has 0 radical (unpaired) electrons. The maximum absolute atomic E-state index is 7.18. The molecular weight excluding hydrogens is 139 g/mol. The van der Waals surface area contributed by atoms with Gasteiger partial charge in [-0.15, -0.1) is 0 Å². The number of rotatable bonds is 0. The number of hydrogen-bond acceptors (Lipinski definition) is 4. The van der Waals surface area contributed by atoms with Gasteiger partial charge in [-0.05, 0) is 0 Å². The topological polar surface area (TPSA) is 47.6 Å². The summed E-state index contributed by atoms with van der Waals surface area (Å²) in [6.07, 6.45) is 0. The van der Waals surface area contributed by atoms with Gasteiger partial charge >= 0.3 is 29.6 Å². The van der Waals surface area contributed by atoms with Crippen LogP contribution in [0.25, 0.3) is 0 Å². The molecule has 0 fully saturated rings. The molecule has 2 nitrogen and oxygen atoms in total. The van der Waals surface area contributed by atoms with Crippen molar-refractivity contribution in [2.45, 2.75) is 0 Å². The van der Waals surface area contributed by atoms with Gasteiger partial charge in [0, 0.05) is 0 Å². The summed E-state index contributed by atoms with van der Waals surface area (Å²) in [6, 6.07) is 0. The monoisotopic (exact) mass is 142 g/mol. The predicted molar refractivity (Wildman–Crippen MR) is 36.3 cm³/mol. The Hall–Kier alpha value is 0.680. The van der Waals surface area contributed by atoms with Crippen LogP contribution in [0.5, 0.6) is 0 Å². The van der Waals surface area contributed by atoms with Crippen molar-refractivity contribution in [2.24, 2.45) is 0 Å². The van der Waals surface area contributed by atoms with Gasteiger partial charge in [-0.2, -0.15) is 10.5 Å². The second-order valence-electron chi connectivity index (χ2n) is 0.200. The Balaban J connectivity index is -0.0000000400.